The van der Waals surface area contributed by atoms with Gasteiger partial charge in [-0.25, -0.2) is 18.1 Å². The Kier molecular flexibility index (Phi) is 4.25. The van der Waals surface area contributed by atoms with Crippen LogP contribution >= 0.6 is 22.9 Å². The summed E-state index contributed by atoms with van der Waals surface area (Å²) in [5.74, 6) is 0. The standard InChI is InChI=1S/C12H13ClN2O2S2/c1-8-3-5-11(18-8)9(2)15-19(16,17)10-4-6-12(13)14-7-10/h3-7,9,15H,1-2H3. The molecule has 1 unspecified atom stereocenters. The van der Waals surface area contributed by atoms with E-state index in [9.17, 15) is 8.42 Å². The number of rotatable bonds is 4. The third-order valence-corrected chi connectivity index (χ3v) is 5.46. The molecule has 102 valence electrons. The van der Waals surface area contributed by atoms with Gasteiger partial charge in [-0.2, -0.15) is 0 Å². The molecule has 7 heteroatoms. The molecule has 2 aromatic rings. The Morgan fingerprint density at radius 3 is 2.58 bits per heavy atom. The Hall–Kier alpha value is -0.950. The fourth-order valence-electron chi connectivity index (χ4n) is 1.57. The zero-order valence-corrected chi connectivity index (χ0v) is 12.8. The van der Waals surface area contributed by atoms with Gasteiger partial charge in [-0.05, 0) is 38.1 Å². The van der Waals surface area contributed by atoms with E-state index in [1.165, 1.54) is 18.3 Å². The van der Waals surface area contributed by atoms with E-state index >= 15 is 0 Å². The van der Waals surface area contributed by atoms with Crippen LogP contribution < -0.4 is 4.72 Å². The molecular formula is C12H13ClN2O2S2. The van der Waals surface area contributed by atoms with Crippen LogP contribution in [0.2, 0.25) is 5.15 Å². The number of sulfonamides is 1. The Labute approximate surface area is 121 Å². The van der Waals surface area contributed by atoms with Gasteiger partial charge in [0.05, 0.1) is 6.04 Å². The van der Waals surface area contributed by atoms with Crippen molar-refractivity contribution in [3.63, 3.8) is 0 Å². The van der Waals surface area contributed by atoms with Crippen LogP contribution in [0.1, 0.15) is 22.7 Å². The maximum absolute atomic E-state index is 12.1. The van der Waals surface area contributed by atoms with Gasteiger partial charge in [-0.15, -0.1) is 11.3 Å². The van der Waals surface area contributed by atoms with Crippen molar-refractivity contribution in [1.82, 2.24) is 9.71 Å². The molecule has 4 nitrogen and oxygen atoms in total. The molecule has 0 radical (unpaired) electrons. The summed E-state index contributed by atoms with van der Waals surface area (Å²) in [6.45, 7) is 3.80. The summed E-state index contributed by atoms with van der Waals surface area (Å²) in [4.78, 5) is 6.01. The van der Waals surface area contributed by atoms with Crippen molar-refractivity contribution in [2.24, 2.45) is 0 Å². The van der Waals surface area contributed by atoms with Crippen molar-refractivity contribution in [2.45, 2.75) is 24.8 Å². The quantitative estimate of drug-likeness (QED) is 0.882. The summed E-state index contributed by atoms with van der Waals surface area (Å²) >= 11 is 7.21. The number of nitrogens with one attached hydrogen (secondary N) is 1. The molecule has 1 atom stereocenters. The predicted octanol–water partition coefficient (Wildman–Crippen LogP) is 3.14. The molecule has 0 bridgehead atoms. The van der Waals surface area contributed by atoms with Crippen LogP contribution in [-0.2, 0) is 10.0 Å². The summed E-state index contributed by atoms with van der Waals surface area (Å²) < 4.78 is 26.9. The molecule has 0 amide bonds. The molecular weight excluding hydrogens is 304 g/mol. The van der Waals surface area contributed by atoms with E-state index in [-0.39, 0.29) is 16.1 Å². The van der Waals surface area contributed by atoms with Crippen molar-refractivity contribution in [2.75, 3.05) is 0 Å². The monoisotopic (exact) mass is 316 g/mol. The average molecular weight is 317 g/mol. The maximum atomic E-state index is 12.1. The molecule has 0 aliphatic heterocycles. The van der Waals surface area contributed by atoms with Crippen molar-refractivity contribution in [1.29, 1.82) is 0 Å². The second-order valence-corrected chi connectivity index (χ2v) is 7.53. The normalized spacial score (nSPS) is 13.4. The van der Waals surface area contributed by atoms with Crippen LogP contribution in [0.15, 0.2) is 35.4 Å². The minimum Gasteiger partial charge on any atom is -0.243 e. The molecule has 0 aliphatic rings. The molecule has 2 aromatic heterocycles. The van der Waals surface area contributed by atoms with Gasteiger partial charge in [0.15, 0.2) is 0 Å². The summed E-state index contributed by atoms with van der Waals surface area (Å²) in [5.41, 5.74) is 0. The van der Waals surface area contributed by atoms with E-state index < -0.39 is 10.0 Å². The summed E-state index contributed by atoms with van der Waals surface area (Å²) in [6.07, 6.45) is 1.25. The number of hydrogen-bond acceptors (Lipinski definition) is 4. The number of nitrogens with zero attached hydrogens (tertiary/aromatic N) is 1. The highest BCUT2D eigenvalue weighted by molar-refractivity contribution is 7.89. The molecule has 0 saturated heterocycles. The number of aryl methyl sites for hydroxylation is 1. The predicted molar refractivity (Wildman–Crippen MR) is 77.0 cm³/mol. The number of hydrogen-bond donors (Lipinski definition) is 1. The lowest BCUT2D eigenvalue weighted by molar-refractivity contribution is 0.568. The first-order valence-corrected chi connectivity index (χ1v) is 8.26. The molecule has 19 heavy (non-hydrogen) atoms. The summed E-state index contributed by atoms with van der Waals surface area (Å²) in [6, 6.07) is 6.50. The van der Waals surface area contributed by atoms with Crippen LogP contribution in [0.3, 0.4) is 0 Å². The number of aromatic nitrogens is 1. The highest BCUT2D eigenvalue weighted by atomic mass is 35.5. The van der Waals surface area contributed by atoms with Crippen LogP contribution in [0.4, 0.5) is 0 Å². The van der Waals surface area contributed by atoms with E-state index in [0.29, 0.717) is 0 Å². The molecule has 1 N–H and O–H groups in total. The van der Waals surface area contributed by atoms with Crippen LogP contribution in [-0.4, -0.2) is 13.4 Å². The van der Waals surface area contributed by atoms with Gasteiger partial charge in [0.2, 0.25) is 10.0 Å². The smallest absolute Gasteiger partial charge is 0.242 e. The van der Waals surface area contributed by atoms with Crippen molar-refractivity contribution >= 4 is 33.0 Å². The Morgan fingerprint density at radius 2 is 2.05 bits per heavy atom. The molecule has 0 aromatic carbocycles. The van der Waals surface area contributed by atoms with Crippen molar-refractivity contribution in [3.05, 3.63) is 45.4 Å². The minimum absolute atomic E-state index is 0.108. The highest BCUT2D eigenvalue weighted by Gasteiger charge is 2.19. The average Bonchev–Trinajstić information content (AvgIpc) is 2.76. The third kappa shape index (κ3) is 3.54. The fourth-order valence-corrected chi connectivity index (χ4v) is 3.80. The lowest BCUT2D eigenvalue weighted by Crippen LogP contribution is -2.26. The van der Waals surface area contributed by atoms with Gasteiger partial charge in [0, 0.05) is 16.0 Å². The summed E-state index contributed by atoms with van der Waals surface area (Å²) in [7, 11) is -3.58. The Morgan fingerprint density at radius 1 is 1.32 bits per heavy atom. The van der Waals surface area contributed by atoms with Gasteiger partial charge in [0.1, 0.15) is 10.0 Å². The van der Waals surface area contributed by atoms with Gasteiger partial charge in [0.25, 0.3) is 0 Å². The Bertz CT molecular complexity index is 665. The first-order chi connectivity index (χ1) is 8.88. The second kappa shape index (κ2) is 5.58. The topological polar surface area (TPSA) is 59.1 Å². The van der Waals surface area contributed by atoms with Gasteiger partial charge in [-0.1, -0.05) is 11.6 Å². The number of pyridine rings is 1. The van der Waals surface area contributed by atoms with Gasteiger partial charge >= 0.3 is 0 Å². The largest absolute Gasteiger partial charge is 0.243 e. The third-order valence-electron chi connectivity index (χ3n) is 2.53. The van der Waals surface area contributed by atoms with Gasteiger partial charge in [-0.3, -0.25) is 0 Å². The highest BCUT2D eigenvalue weighted by Crippen LogP contribution is 2.24. The minimum atomic E-state index is -3.58. The summed E-state index contributed by atoms with van der Waals surface area (Å²) in [5, 5.41) is 0.265. The van der Waals surface area contributed by atoms with E-state index in [1.54, 1.807) is 11.3 Å². The van der Waals surface area contributed by atoms with E-state index in [2.05, 4.69) is 9.71 Å². The zero-order valence-electron chi connectivity index (χ0n) is 10.4. The SMILES string of the molecule is Cc1ccc(C(C)NS(=O)(=O)c2ccc(Cl)nc2)s1. The van der Waals surface area contributed by atoms with E-state index in [0.717, 1.165) is 9.75 Å². The maximum Gasteiger partial charge on any atom is 0.242 e. The van der Waals surface area contributed by atoms with E-state index in [4.69, 9.17) is 11.6 Å². The lowest BCUT2D eigenvalue weighted by atomic mass is 10.3. The van der Waals surface area contributed by atoms with Crippen LogP contribution in [0.5, 0.6) is 0 Å². The molecule has 0 saturated carbocycles. The molecule has 0 fully saturated rings. The number of halogens is 1. The van der Waals surface area contributed by atoms with Crippen molar-refractivity contribution < 1.29 is 8.42 Å². The van der Waals surface area contributed by atoms with Crippen molar-refractivity contribution in [3.8, 4) is 0 Å². The molecule has 2 heterocycles. The second-order valence-electron chi connectivity index (χ2n) is 4.11. The number of thiophene rings is 1. The molecule has 0 aliphatic carbocycles. The zero-order chi connectivity index (χ0) is 14.0. The van der Waals surface area contributed by atoms with E-state index in [1.807, 2.05) is 26.0 Å². The van der Waals surface area contributed by atoms with Crippen LogP contribution in [0, 0.1) is 6.92 Å². The lowest BCUT2D eigenvalue weighted by Gasteiger charge is -2.12. The molecule has 0 spiro atoms. The van der Waals surface area contributed by atoms with Gasteiger partial charge < -0.3 is 0 Å². The molecule has 2 rings (SSSR count). The fraction of sp³-hybridized carbons (Fsp3) is 0.250. The first-order valence-electron chi connectivity index (χ1n) is 5.59. The van der Waals surface area contributed by atoms with Crippen LogP contribution in [0.25, 0.3) is 0 Å². The first kappa shape index (κ1) is 14.5. The Balaban J connectivity index is 2.19.